The quantitative estimate of drug-likeness (QED) is 0.812. The third-order valence-electron chi connectivity index (χ3n) is 2.71. The molecule has 0 aliphatic rings. The molecule has 0 saturated heterocycles. The van der Waals surface area contributed by atoms with Gasteiger partial charge in [-0.3, -0.25) is 15.4 Å². The van der Waals surface area contributed by atoms with Gasteiger partial charge in [-0.05, 0) is 38.1 Å². The van der Waals surface area contributed by atoms with Crippen LogP contribution in [0.1, 0.15) is 25.2 Å². The van der Waals surface area contributed by atoms with E-state index in [1.165, 1.54) is 0 Å². The Balaban J connectivity index is 2.32. The van der Waals surface area contributed by atoms with Gasteiger partial charge in [0.1, 0.15) is 5.69 Å². The van der Waals surface area contributed by atoms with Crippen molar-refractivity contribution in [3.63, 3.8) is 0 Å². The summed E-state index contributed by atoms with van der Waals surface area (Å²) in [6.07, 6.45) is 5.29. The van der Waals surface area contributed by atoms with Crippen molar-refractivity contribution in [2.24, 2.45) is 0 Å². The Hall–Kier alpha value is -2.33. The molecule has 0 aromatic carbocycles. The van der Waals surface area contributed by atoms with Crippen molar-refractivity contribution in [2.75, 3.05) is 0 Å². The lowest BCUT2D eigenvalue weighted by Gasteiger charge is -2.08. The van der Waals surface area contributed by atoms with E-state index in [9.17, 15) is 0 Å². The molecule has 0 amide bonds. The van der Waals surface area contributed by atoms with Crippen LogP contribution in [0, 0.1) is 5.41 Å². The molecule has 2 rings (SSSR count). The number of nitrogens with two attached hydrogens (primary N) is 1. The molecule has 0 bridgehead atoms. The van der Waals surface area contributed by atoms with Gasteiger partial charge in [0.25, 0.3) is 0 Å². The number of pyridine rings is 2. The summed E-state index contributed by atoms with van der Waals surface area (Å²) < 4.78 is 0. The first-order valence-corrected chi connectivity index (χ1v) is 6.65. The summed E-state index contributed by atoms with van der Waals surface area (Å²) in [5.41, 5.74) is 2.89. The number of nitrogens with one attached hydrogen (secondary N) is 1. The number of hydrogen-bond acceptors (Lipinski definition) is 3. The second-order valence-corrected chi connectivity index (χ2v) is 4.85. The molecule has 0 fully saturated rings. The molecule has 3 N–H and O–H groups in total. The van der Waals surface area contributed by atoms with Gasteiger partial charge < -0.3 is 5.32 Å². The Morgan fingerprint density at radius 1 is 1.05 bits per heavy atom. The summed E-state index contributed by atoms with van der Waals surface area (Å²) in [4.78, 5) is 8.56. The van der Waals surface area contributed by atoms with Crippen LogP contribution in [0.5, 0.6) is 0 Å². The molecule has 0 aliphatic carbocycles. The molecule has 2 aromatic rings. The first kappa shape index (κ1) is 14.1. The Kier molecular flexibility index (Phi) is 4.74. The molecule has 0 aliphatic heterocycles. The van der Waals surface area contributed by atoms with Crippen LogP contribution in [0.4, 0.5) is 0 Å². The van der Waals surface area contributed by atoms with Crippen molar-refractivity contribution in [3.8, 4) is 0 Å². The third kappa shape index (κ3) is 3.83. The summed E-state index contributed by atoms with van der Waals surface area (Å²) >= 11 is 0. The molecule has 102 valence electrons. The molecule has 4 nitrogen and oxygen atoms in total. The van der Waals surface area contributed by atoms with Crippen molar-refractivity contribution in [1.29, 1.82) is 5.41 Å². The summed E-state index contributed by atoms with van der Waals surface area (Å²) in [6, 6.07) is 11.8. The zero-order valence-electron chi connectivity index (χ0n) is 11.7. The monoisotopic (exact) mass is 267 g/mol. The van der Waals surface area contributed by atoms with Gasteiger partial charge in [0, 0.05) is 18.5 Å². The topological polar surface area (TPSA) is 66.2 Å². The third-order valence-corrected chi connectivity index (χ3v) is 2.71. The minimum absolute atomic E-state index is 0.389. The Labute approximate surface area is 119 Å². The molecular weight excluding hydrogens is 248 g/mol. The van der Waals surface area contributed by atoms with Crippen LogP contribution in [-0.2, 0) is 0 Å². The fourth-order valence-corrected chi connectivity index (χ4v) is 1.85. The molecule has 0 radical (unpaired) electrons. The van der Waals surface area contributed by atoms with Crippen molar-refractivity contribution < 1.29 is 5.32 Å². The highest BCUT2D eigenvalue weighted by Gasteiger charge is 2.11. The predicted octanol–water partition coefficient (Wildman–Crippen LogP) is 1.86. The number of rotatable bonds is 5. The van der Waals surface area contributed by atoms with Gasteiger partial charge in [0.2, 0.25) is 0 Å². The standard InChI is InChI=1S/C16H18N4/c1-12(2)20-16(15-8-4-6-10-19-15)11-13(17)14-7-3-5-9-18-14/h3-12,17,20H,1-2H3/p+1. The first-order valence-electron chi connectivity index (χ1n) is 6.65. The smallest absolute Gasteiger partial charge is 0.157 e. The van der Waals surface area contributed by atoms with Crippen LogP contribution in [0.15, 0.2) is 54.9 Å². The first-order chi connectivity index (χ1) is 9.66. The highest BCUT2D eigenvalue weighted by atomic mass is 14.9. The van der Waals surface area contributed by atoms with Crippen LogP contribution >= 0.6 is 0 Å². The largest absolute Gasteiger partial charge is 0.310 e. The average molecular weight is 267 g/mol. The molecule has 0 unspecified atom stereocenters. The summed E-state index contributed by atoms with van der Waals surface area (Å²) in [7, 11) is 0. The molecule has 4 heteroatoms. The second kappa shape index (κ2) is 6.73. The Morgan fingerprint density at radius 3 is 2.15 bits per heavy atom. The lowest BCUT2D eigenvalue weighted by molar-refractivity contribution is -0.595. The molecule has 2 aromatic heterocycles. The number of aromatic nitrogens is 2. The van der Waals surface area contributed by atoms with Crippen LogP contribution in [0.2, 0.25) is 0 Å². The van der Waals surface area contributed by atoms with E-state index in [4.69, 9.17) is 5.41 Å². The van der Waals surface area contributed by atoms with E-state index < -0.39 is 0 Å². The van der Waals surface area contributed by atoms with E-state index in [1.54, 1.807) is 12.4 Å². The van der Waals surface area contributed by atoms with Crippen molar-refractivity contribution >= 4 is 11.4 Å². The van der Waals surface area contributed by atoms with Gasteiger partial charge in [0.05, 0.1) is 17.4 Å². The van der Waals surface area contributed by atoms with Gasteiger partial charge in [-0.1, -0.05) is 12.1 Å². The van der Waals surface area contributed by atoms with Crippen LogP contribution in [0.25, 0.3) is 5.70 Å². The second-order valence-electron chi connectivity index (χ2n) is 4.85. The minimum Gasteiger partial charge on any atom is -0.310 e. The van der Waals surface area contributed by atoms with E-state index in [2.05, 4.69) is 29.1 Å². The maximum atomic E-state index is 8.17. The Morgan fingerprint density at radius 2 is 1.65 bits per heavy atom. The van der Waals surface area contributed by atoms with E-state index in [0.29, 0.717) is 17.4 Å². The summed E-state index contributed by atoms with van der Waals surface area (Å²) in [6.45, 7) is 4.22. The van der Waals surface area contributed by atoms with E-state index in [1.807, 2.05) is 42.5 Å². The van der Waals surface area contributed by atoms with E-state index >= 15 is 0 Å². The van der Waals surface area contributed by atoms with Gasteiger partial charge in [-0.2, -0.15) is 0 Å². The number of nitrogens with zero attached hydrogens (tertiary/aromatic N) is 2. The molecular formula is C16H19N4+. The lowest BCUT2D eigenvalue weighted by atomic mass is 10.1. The van der Waals surface area contributed by atoms with Crippen LogP contribution in [-0.4, -0.2) is 21.7 Å². The van der Waals surface area contributed by atoms with Crippen LogP contribution in [0.3, 0.4) is 0 Å². The van der Waals surface area contributed by atoms with Gasteiger partial charge >= 0.3 is 0 Å². The van der Waals surface area contributed by atoms with E-state index in [0.717, 1.165) is 11.4 Å². The lowest BCUT2D eigenvalue weighted by Crippen LogP contribution is -2.85. The maximum Gasteiger partial charge on any atom is 0.157 e. The van der Waals surface area contributed by atoms with Crippen molar-refractivity contribution in [1.82, 2.24) is 9.97 Å². The molecule has 0 spiro atoms. The zero-order valence-corrected chi connectivity index (χ0v) is 11.7. The fourth-order valence-electron chi connectivity index (χ4n) is 1.85. The number of allylic oxidation sites excluding steroid dienone is 1. The minimum atomic E-state index is 0.389. The van der Waals surface area contributed by atoms with Crippen molar-refractivity contribution in [2.45, 2.75) is 19.9 Å². The molecule has 20 heavy (non-hydrogen) atoms. The summed E-state index contributed by atoms with van der Waals surface area (Å²) in [5, 5.41) is 10.3. The van der Waals surface area contributed by atoms with Gasteiger partial charge in [-0.25, -0.2) is 0 Å². The van der Waals surface area contributed by atoms with Crippen LogP contribution < -0.4 is 5.32 Å². The maximum absolute atomic E-state index is 8.17. The highest BCUT2D eigenvalue weighted by molar-refractivity contribution is 6.08. The molecule has 0 atom stereocenters. The SMILES string of the molecule is CC(C)[NH2+]C(=CC(=N)c1ccccn1)c1ccccn1. The van der Waals surface area contributed by atoms with Crippen molar-refractivity contribution in [3.05, 3.63) is 66.3 Å². The fraction of sp³-hybridized carbons (Fsp3) is 0.188. The zero-order chi connectivity index (χ0) is 14.4. The molecule has 0 saturated carbocycles. The summed E-state index contributed by atoms with van der Waals surface area (Å²) in [5.74, 6) is 0. The average Bonchev–Trinajstić information content (AvgIpc) is 2.48. The van der Waals surface area contributed by atoms with E-state index in [-0.39, 0.29) is 0 Å². The van der Waals surface area contributed by atoms with Gasteiger partial charge in [-0.15, -0.1) is 0 Å². The Bertz CT molecular complexity index is 588. The highest BCUT2D eigenvalue weighted by Crippen LogP contribution is 2.06. The number of quaternary nitrogens is 1. The van der Waals surface area contributed by atoms with Gasteiger partial charge in [0.15, 0.2) is 5.70 Å². The predicted molar refractivity (Wildman–Crippen MR) is 80.3 cm³/mol. The number of hydrogen-bond donors (Lipinski definition) is 2. The molecule has 2 heterocycles. The normalized spacial score (nSPS) is 11.7.